The lowest BCUT2D eigenvalue weighted by molar-refractivity contribution is -0.141. The molecule has 1 amide bonds. The number of ether oxygens (including phenoxy) is 2. The van der Waals surface area contributed by atoms with E-state index in [9.17, 15) is 9.59 Å². The third-order valence-electron chi connectivity index (χ3n) is 2.21. The summed E-state index contributed by atoms with van der Waals surface area (Å²) in [5.74, 6) is 0.304. The van der Waals surface area contributed by atoms with E-state index in [1.54, 1.807) is 0 Å². The van der Waals surface area contributed by atoms with Crippen molar-refractivity contribution in [3.8, 4) is 0 Å². The van der Waals surface area contributed by atoms with Crippen molar-refractivity contribution >= 4 is 12.1 Å². The van der Waals surface area contributed by atoms with Gasteiger partial charge in [-0.2, -0.15) is 0 Å². The molecule has 0 aliphatic rings. The molecule has 0 heterocycles. The predicted molar refractivity (Wildman–Crippen MR) is 60.0 cm³/mol. The zero-order chi connectivity index (χ0) is 12.6. The van der Waals surface area contributed by atoms with Crippen LogP contribution in [-0.4, -0.2) is 32.8 Å². The summed E-state index contributed by atoms with van der Waals surface area (Å²) < 4.78 is 9.08. The smallest absolute Gasteiger partial charge is 0.406 e. The molecule has 0 fully saturated rings. The van der Waals surface area contributed by atoms with E-state index in [0.29, 0.717) is 18.9 Å². The molecule has 0 aromatic heterocycles. The Morgan fingerprint density at radius 1 is 1.19 bits per heavy atom. The van der Waals surface area contributed by atoms with Gasteiger partial charge < -0.3 is 14.8 Å². The number of hydrogen-bond acceptors (Lipinski definition) is 4. The average Bonchev–Trinajstić information content (AvgIpc) is 2.24. The molecule has 0 aliphatic carbocycles. The molecule has 5 heteroatoms. The fraction of sp³-hybridized carbons (Fsp3) is 0.818. The van der Waals surface area contributed by atoms with Crippen LogP contribution in [0.3, 0.4) is 0 Å². The van der Waals surface area contributed by atoms with Crippen molar-refractivity contribution in [1.29, 1.82) is 0 Å². The van der Waals surface area contributed by atoms with Gasteiger partial charge >= 0.3 is 12.1 Å². The van der Waals surface area contributed by atoms with Gasteiger partial charge in [-0.1, -0.05) is 13.8 Å². The summed E-state index contributed by atoms with van der Waals surface area (Å²) in [5, 5.41) is 2.60. The predicted octanol–water partition coefficient (Wildman–Crippen LogP) is 1.57. The molecule has 0 saturated heterocycles. The highest BCUT2D eigenvalue weighted by Gasteiger charge is 2.16. The first kappa shape index (κ1) is 14.7. The molecule has 5 nitrogen and oxygen atoms in total. The molecule has 0 aromatic carbocycles. The second kappa shape index (κ2) is 7.96. The minimum absolute atomic E-state index is 0.0894. The maximum atomic E-state index is 11.2. The number of nitrogens with one attached hydrogen (secondary N) is 1. The van der Waals surface area contributed by atoms with Gasteiger partial charge in [0.05, 0.1) is 20.6 Å². The van der Waals surface area contributed by atoms with Crippen LogP contribution in [-0.2, 0) is 14.3 Å². The lowest BCUT2D eigenvalue weighted by Crippen LogP contribution is -2.31. The Balaban J connectivity index is 4.09. The van der Waals surface area contributed by atoms with Crippen LogP contribution in [0.15, 0.2) is 0 Å². The standard InChI is InChI=1S/C11H21NO4/c1-8(2)5-9(6-10(13)15-3)7-12-11(14)16-4/h8-9H,5-7H2,1-4H3,(H,12,14)/t9-/m0/s1. The Hall–Kier alpha value is -1.26. The van der Waals surface area contributed by atoms with Crippen LogP contribution in [0.4, 0.5) is 4.79 Å². The zero-order valence-electron chi connectivity index (χ0n) is 10.4. The molecule has 0 saturated carbocycles. The Morgan fingerprint density at radius 3 is 2.25 bits per heavy atom. The third-order valence-corrected chi connectivity index (χ3v) is 2.21. The van der Waals surface area contributed by atoms with Gasteiger partial charge in [-0.15, -0.1) is 0 Å². The number of methoxy groups -OCH3 is 2. The van der Waals surface area contributed by atoms with Crippen molar-refractivity contribution in [2.45, 2.75) is 26.7 Å². The van der Waals surface area contributed by atoms with Gasteiger partial charge in [-0.25, -0.2) is 4.79 Å². The van der Waals surface area contributed by atoms with Crippen LogP contribution in [0.1, 0.15) is 26.7 Å². The van der Waals surface area contributed by atoms with Crippen LogP contribution in [0, 0.1) is 11.8 Å². The molecule has 94 valence electrons. The lowest BCUT2D eigenvalue weighted by Gasteiger charge is -2.17. The van der Waals surface area contributed by atoms with Gasteiger partial charge in [0, 0.05) is 6.54 Å². The first-order valence-electron chi connectivity index (χ1n) is 5.38. The van der Waals surface area contributed by atoms with Gasteiger partial charge in [0.25, 0.3) is 0 Å². The Labute approximate surface area is 96.5 Å². The Morgan fingerprint density at radius 2 is 1.81 bits per heavy atom. The van der Waals surface area contributed by atoms with Crippen LogP contribution in [0.25, 0.3) is 0 Å². The van der Waals surface area contributed by atoms with E-state index in [1.807, 2.05) is 0 Å². The summed E-state index contributed by atoms with van der Waals surface area (Å²) in [7, 11) is 2.68. The molecule has 0 rings (SSSR count). The van der Waals surface area contributed by atoms with Crippen LogP contribution in [0.2, 0.25) is 0 Å². The second-order valence-electron chi connectivity index (χ2n) is 4.15. The number of esters is 1. The average molecular weight is 231 g/mol. The van der Waals surface area contributed by atoms with Gasteiger partial charge in [0.15, 0.2) is 0 Å². The van der Waals surface area contributed by atoms with Crippen molar-refractivity contribution in [2.24, 2.45) is 11.8 Å². The topological polar surface area (TPSA) is 64.6 Å². The largest absolute Gasteiger partial charge is 0.469 e. The Bertz CT molecular complexity index is 228. The van der Waals surface area contributed by atoms with E-state index < -0.39 is 6.09 Å². The monoisotopic (exact) mass is 231 g/mol. The van der Waals surface area contributed by atoms with Crippen molar-refractivity contribution in [2.75, 3.05) is 20.8 Å². The zero-order valence-corrected chi connectivity index (χ0v) is 10.4. The van der Waals surface area contributed by atoms with Crippen LogP contribution < -0.4 is 5.32 Å². The highest BCUT2D eigenvalue weighted by molar-refractivity contribution is 5.70. The molecule has 0 aromatic rings. The highest BCUT2D eigenvalue weighted by Crippen LogP contribution is 2.15. The van der Waals surface area contributed by atoms with Crippen molar-refractivity contribution in [1.82, 2.24) is 5.32 Å². The summed E-state index contributed by atoms with van der Waals surface area (Å²) in [6, 6.07) is 0. The van der Waals surface area contributed by atoms with E-state index in [2.05, 4.69) is 28.6 Å². The number of amides is 1. The van der Waals surface area contributed by atoms with E-state index in [1.165, 1.54) is 14.2 Å². The third kappa shape index (κ3) is 7.09. The van der Waals surface area contributed by atoms with Crippen molar-refractivity contribution in [3.63, 3.8) is 0 Å². The highest BCUT2D eigenvalue weighted by atomic mass is 16.5. The van der Waals surface area contributed by atoms with Crippen molar-refractivity contribution in [3.05, 3.63) is 0 Å². The first-order valence-corrected chi connectivity index (χ1v) is 5.38. The summed E-state index contributed by atoms with van der Waals surface area (Å²) in [6.07, 6.45) is 0.705. The van der Waals surface area contributed by atoms with E-state index in [-0.39, 0.29) is 11.9 Å². The summed E-state index contributed by atoms with van der Waals surface area (Å²) in [6.45, 7) is 4.57. The molecular formula is C11H21NO4. The molecule has 16 heavy (non-hydrogen) atoms. The molecule has 0 bridgehead atoms. The molecule has 0 aliphatic heterocycles. The molecule has 1 atom stereocenters. The van der Waals surface area contributed by atoms with Gasteiger partial charge in [0.2, 0.25) is 0 Å². The number of hydrogen-bond donors (Lipinski definition) is 1. The molecule has 0 unspecified atom stereocenters. The fourth-order valence-corrected chi connectivity index (χ4v) is 1.52. The van der Waals surface area contributed by atoms with Crippen LogP contribution in [0.5, 0.6) is 0 Å². The minimum Gasteiger partial charge on any atom is -0.469 e. The summed E-state index contributed by atoms with van der Waals surface area (Å²) >= 11 is 0. The van der Waals surface area contributed by atoms with E-state index in [0.717, 1.165) is 6.42 Å². The fourth-order valence-electron chi connectivity index (χ4n) is 1.52. The number of carbonyl (C=O) groups is 2. The van der Waals surface area contributed by atoms with Gasteiger partial charge in [0.1, 0.15) is 0 Å². The SMILES string of the molecule is COC(=O)C[C@@H](CNC(=O)OC)CC(C)C. The van der Waals surface area contributed by atoms with E-state index in [4.69, 9.17) is 0 Å². The summed E-state index contributed by atoms with van der Waals surface area (Å²) in [4.78, 5) is 22.1. The van der Waals surface area contributed by atoms with E-state index >= 15 is 0 Å². The maximum Gasteiger partial charge on any atom is 0.406 e. The van der Waals surface area contributed by atoms with Gasteiger partial charge in [-0.05, 0) is 18.3 Å². The van der Waals surface area contributed by atoms with Crippen LogP contribution >= 0.6 is 0 Å². The normalized spacial score (nSPS) is 12.1. The first-order chi connectivity index (χ1) is 7.49. The lowest BCUT2D eigenvalue weighted by atomic mass is 9.94. The molecule has 1 N–H and O–H groups in total. The molecule has 0 spiro atoms. The number of rotatable bonds is 6. The van der Waals surface area contributed by atoms with Crippen molar-refractivity contribution < 1.29 is 19.1 Å². The summed E-state index contributed by atoms with van der Waals surface area (Å²) in [5.41, 5.74) is 0. The number of carbonyl (C=O) groups excluding carboxylic acids is 2. The van der Waals surface area contributed by atoms with Gasteiger partial charge in [-0.3, -0.25) is 4.79 Å². The minimum atomic E-state index is -0.473. The maximum absolute atomic E-state index is 11.2. The second-order valence-corrected chi connectivity index (χ2v) is 4.15. The quantitative estimate of drug-likeness (QED) is 0.705. The number of alkyl carbamates (subject to hydrolysis) is 1. The molecule has 0 radical (unpaired) electrons. The molecular weight excluding hydrogens is 210 g/mol. The Kier molecular flexibility index (Phi) is 7.33.